The van der Waals surface area contributed by atoms with E-state index in [9.17, 15) is 4.79 Å². The standard InChI is InChI=1S/C14H17I2NO2/c1-19-13-4-2-10(3-5-13)9-17-12(8-16)6-11(7-15)14(17)18/h2-5,11-12H,6-9H2,1H3/t11-,12-/m0/s1. The summed E-state index contributed by atoms with van der Waals surface area (Å²) in [6.45, 7) is 0.712. The van der Waals surface area contributed by atoms with Crippen LogP contribution in [0.4, 0.5) is 0 Å². The molecule has 0 radical (unpaired) electrons. The van der Waals surface area contributed by atoms with Gasteiger partial charge in [0.05, 0.1) is 7.11 Å². The van der Waals surface area contributed by atoms with Crippen LogP contribution >= 0.6 is 45.2 Å². The van der Waals surface area contributed by atoms with Crippen molar-refractivity contribution in [3.8, 4) is 5.75 Å². The minimum absolute atomic E-state index is 0.207. The molecule has 1 fully saturated rings. The van der Waals surface area contributed by atoms with Gasteiger partial charge in [-0.05, 0) is 24.1 Å². The molecule has 5 heteroatoms. The molecule has 0 aromatic heterocycles. The summed E-state index contributed by atoms with van der Waals surface area (Å²) in [6, 6.07) is 8.35. The van der Waals surface area contributed by atoms with Crippen molar-refractivity contribution in [2.45, 2.75) is 19.0 Å². The average molecular weight is 485 g/mol. The maximum absolute atomic E-state index is 12.3. The van der Waals surface area contributed by atoms with Gasteiger partial charge in [0.15, 0.2) is 0 Å². The first-order valence-corrected chi connectivity index (χ1v) is 9.30. The molecule has 0 spiro atoms. The van der Waals surface area contributed by atoms with Gasteiger partial charge in [0, 0.05) is 27.4 Å². The Labute approximate surface area is 141 Å². The smallest absolute Gasteiger partial charge is 0.227 e. The highest BCUT2D eigenvalue weighted by Gasteiger charge is 2.37. The van der Waals surface area contributed by atoms with Crippen LogP contribution in [0.25, 0.3) is 0 Å². The summed E-state index contributed by atoms with van der Waals surface area (Å²) in [5.74, 6) is 1.37. The fourth-order valence-electron chi connectivity index (χ4n) is 2.38. The second-order valence-electron chi connectivity index (χ2n) is 4.71. The Kier molecular flexibility index (Phi) is 5.73. The number of methoxy groups -OCH3 is 1. The lowest BCUT2D eigenvalue weighted by Crippen LogP contribution is -2.34. The van der Waals surface area contributed by atoms with Gasteiger partial charge in [0.2, 0.25) is 5.91 Å². The number of nitrogens with zero attached hydrogens (tertiary/aromatic N) is 1. The van der Waals surface area contributed by atoms with Crippen molar-refractivity contribution in [1.82, 2.24) is 4.90 Å². The predicted octanol–water partition coefficient (Wildman–Crippen LogP) is 3.28. The zero-order valence-corrected chi connectivity index (χ0v) is 15.1. The summed E-state index contributed by atoms with van der Waals surface area (Å²) in [7, 11) is 1.66. The number of alkyl halides is 2. The van der Waals surface area contributed by atoms with Gasteiger partial charge in [0.1, 0.15) is 5.75 Å². The van der Waals surface area contributed by atoms with E-state index in [-0.39, 0.29) is 5.92 Å². The van der Waals surface area contributed by atoms with Gasteiger partial charge in [-0.3, -0.25) is 4.79 Å². The number of hydrogen-bond acceptors (Lipinski definition) is 2. The van der Waals surface area contributed by atoms with Crippen LogP contribution in [0.2, 0.25) is 0 Å². The highest BCUT2D eigenvalue weighted by Crippen LogP contribution is 2.29. The van der Waals surface area contributed by atoms with E-state index in [0.29, 0.717) is 18.5 Å². The van der Waals surface area contributed by atoms with Crippen molar-refractivity contribution in [1.29, 1.82) is 0 Å². The topological polar surface area (TPSA) is 29.5 Å². The molecule has 1 amide bonds. The van der Waals surface area contributed by atoms with Gasteiger partial charge in [-0.1, -0.05) is 57.3 Å². The van der Waals surface area contributed by atoms with Crippen molar-refractivity contribution in [2.75, 3.05) is 16.0 Å². The van der Waals surface area contributed by atoms with Crippen LogP contribution < -0.4 is 4.74 Å². The third kappa shape index (κ3) is 3.53. The largest absolute Gasteiger partial charge is 0.497 e. The molecular weight excluding hydrogens is 468 g/mol. The molecule has 0 bridgehead atoms. The van der Waals surface area contributed by atoms with E-state index in [1.165, 1.54) is 0 Å². The van der Waals surface area contributed by atoms with Crippen LogP contribution in [0, 0.1) is 5.92 Å². The Morgan fingerprint density at radius 3 is 2.47 bits per heavy atom. The fourth-order valence-corrected chi connectivity index (χ4v) is 3.95. The van der Waals surface area contributed by atoms with Crippen molar-refractivity contribution in [3.05, 3.63) is 29.8 Å². The van der Waals surface area contributed by atoms with E-state index in [1.54, 1.807) is 7.11 Å². The van der Waals surface area contributed by atoms with E-state index in [4.69, 9.17) is 4.74 Å². The maximum atomic E-state index is 12.3. The van der Waals surface area contributed by atoms with Crippen molar-refractivity contribution in [2.24, 2.45) is 5.92 Å². The number of hydrogen-bond donors (Lipinski definition) is 0. The van der Waals surface area contributed by atoms with Gasteiger partial charge >= 0.3 is 0 Å². The third-order valence-electron chi connectivity index (χ3n) is 3.51. The molecule has 2 rings (SSSR count). The molecule has 3 nitrogen and oxygen atoms in total. The fraction of sp³-hybridized carbons (Fsp3) is 0.500. The van der Waals surface area contributed by atoms with Crippen molar-refractivity contribution in [3.63, 3.8) is 0 Å². The Morgan fingerprint density at radius 2 is 1.95 bits per heavy atom. The van der Waals surface area contributed by atoms with E-state index in [1.807, 2.05) is 29.2 Å². The second-order valence-corrected chi connectivity index (χ2v) is 6.47. The van der Waals surface area contributed by atoms with Crippen LogP contribution in [-0.2, 0) is 11.3 Å². The summed E-state index contributed by atoms with van der Waals surface area (Å²) in [5.41, 5.74) is 1.16. The molecule has 0 saturated carbocycles. The van der Waals surface area contributed by atoms with Gasteiger partial charge < -0.3 is 9.64 Å². The molecule has 19 heavy (non-hydrogen) atoms. The molecule has 1 saturated heterocycles. The highest BCUT2D eigenvalue weighted by atomic mass is 127. The number of ether oxygens (including phenoxy) is 1. The Balaban J connectivity index is 2.09. The summed E-state index contributed by atoms with van der Waals surface area (Å²) >= 11 is 4.69. The SMILES string of the molecule is COc1ccc(CN2C(=O)[C@H](CI)C[C@H]2CI)cc1. The molecule has 1 aliphatic rings. The molecule has 2 atom stereocenters. The molecule has 1 aliphatic heterocycles. The average Bonchev–Trinajstić information content (AvgIpc) is 2.76. The number of carbonyl (C=O) groups is 1. The van der Waals surface area contributed by atoms with E-state index in [2.05, 4.69) is 45.2 Å². The molecule has 0 aliphatic carbocycles. The molecule has 1 heterocycles. The number of amides is 1. The minimum atomic E-state index is 0.207. The first-order valence-electron chi connectivity index (χ1n) is 6.25. The van der Waals surface area contributed by atoms with Crippen LogP contribution in [0.5, 0.6) is 5.75 Å². The van der Waals surface area contributed by atoms with Crippen molar-refractivity contribution >= 4 is 51.1 Å². The highest BCUT2D eigenvalue weighted by molar-refractivity contribution is 14.1. The Bertz CT molecular complexity index is 436. The summed E-state index contributed by atoms with van der Waals surface area (Å²) in [6.07, 6.45) is 1.00. The summed E-state index contributed by atoms with van der Waals surface area (Å²) in [5, 5.41) is 0. The first-order chi connectivity index (χ1) is 9.19. The number of rotatable bonds is 5. The number of benzene rings is 1. The Hall–Kier alpha value is -0.0500. The quantitative estimate of drug-likeness (QED) is 0.474. The van der Waals surface area contributed by atoms with Crippen molar-refractivity contribution < 1.29 is 9.53 Å². The molecule has 1 aromatic rings. The zero-order valence-electron chi connectivity index (χ0n) is 10.8. The molecular formula is C14H17I2NO2. The van der Waals surface area contributed by atoms with Crippen LogP contribution in [-0.4, -0.2) is 32.8 Å². The summed E-state index contributed by atoms with van der Waals surface area (Å²) < 4.78 is 7.08. The molecule has 1 aromatic carbocycles. The van der Waals surface area contributed by atoms with Gasteiger partial charge in [-0.2, -0.15) is 0 Å². The molecule has 0 N–H and O–H groups in total. The first kappa shape index (κ1) is 15.3. The zero-order chi connectivity index (χ0) is 13.8. The van der Waals surface area contributed by atoms with Gasteiger partial charge in [0.25, 0.3) is 0 Å². The molecule has 104 valence electrons. The normalized spacial score (nSPS) is 22.9. The van der Waals surface area contributed by atoms with Crippen LogP contribution in [0.15, 0.2) is 24.3 Å². The van der Waals surface area contributed by atoms with E-state index >= 15 is 0 Å². The van der Waals surface area contributed by atoms with Gasteiger partial charge in [-0.15, -0.1) is 0 Å². The number of likely N-dealkylation sites (tertiary alicyclic amines) is 1. The minimum Gasteiger partial charge on any atom is -0.497 e. The van der Waals surface area contributed by atoms with Crippen LogP contribution in [0.3, 0.4) is 0 Å². The van der Waals surface area contributed by atoms with E-state index in [0.717, 1.165) is 26.6 Å². The lowest BCUT2D eigenvalue weighted by molar-refractivity contribution is -0.131. The van der Waals surface area contributed by atoms with Crippen LogP contribution in [0.1, 0.15) is 12.0 Å². The number of halogens is 2. The number of carbonyl (C=O) groups excluding carboxylic acids is 1. The lowest BCUT2D eigenvalue weighted by atomic mass is 10.1. The third-order valence-corrected chi connectivity index (χ3v) is 5.59. The molecule has 0 unspecified atom stereocenters. The Morgan fingerprint density at radius 1 is 1.26 bits per heavy atom. The predicted molar refractivity (Wildman–Crippen MR) is 93.2 cm³/mol. The monoisotopic (exact) mass is 485 g/mol. The summed E-state index contributed by atoms with van der Waals surface area (Å²) in [4.78, 5) is 14.4. The second kappa shape index (κ2) is 7.10. The van der Waals surface area contributed by atoms with Gasteiger partial charge in [-0.25, -0.2) is 0 Å². The maximum Gasteiger partial charge on any atom is 0.227 e. The van der Waals surface area contributed by atoms with E-state index < -0.39 is 0 Å². The lowest BCUT2D eigenvalue weighted by Gasteiger charge is -2.23.